The molecule has 0 saturated heterocycles. The van der Waals surface area contributed by atoms with Crippen LogP contribution >= 0.6 is 0 Å². The molecule has 0 aliphatic rings. The van der Waals surface area contributed by atoms with Gasteiger partial charge in [-0.15, -0.1) is 0 Å². The maximum atomic E-state index is 11.6. The van der Waals surface area contributed by atoms with Crippen molar-refractivity contribution >= 4 is 17.0 Å². The maximum absolute atomic E-state index is 11.6. The average Bonchev–Trinajstić information content (AvgIpc) is 2.74. The Bertz CT molecular complexity index is 630. The van der Waals surface area contributed by atoms with Crippen LogP contribution in [0.5, 0.6) is 0 Å². The SMILES string of the molecule is CCn1c(CC(C)(C(=O)O)C(C)C)nc2ccccc21. The zero-order valence-electron chi connectivity index (χ0n) is 12.6. The number of para-hydroxylation sites is 2. The van der Waals surface area contributed by atoms with E-state index in [-0.39, 0.29) is 5.92 Å². The van der Waals surface area contributed by atoms with Crippen LogP contribution in [0.2, 0.25) is 0 Å². The third-order valence-electron chi connectivity index (χ3n) is 4.34. The molecule has 4 heteroatoms. The summed E-state index contributed by atoms with van der Waals surface area (Å²) in [6.45, 7) is 8.56. The molecule has 4 nitrogen and oxygen atoms in total. The van der Waals surface area contributed by atoms with Gasteiger partial charge in [0.15, 0.2) is 0 Å². The van der Waals surface area contributed by atoms with Crippen molar-refractivity contribution in [2.45, 2.75) is 40.7 Å². The Morgan fingerprint density at radius 2 is 2.05 bits per heavy atom. The molecule has 0 amide bonds. The molecule has 1 unspecified atom stereocenters. The predicted molar refractivity (Wildman–Crippen MR) is 79.7 cm³/mol. The van der Waals surface area contributed by atoms with Crippen LogP contribution in [0.25, 0.3) is 11.0 Å². The van der Waals surface area contributed by atoms with Crippen molar-refractivity contribution in [3.63, 3.8) is 0 Å². The smallest absolute Gasteiger partial charge is 0.310 e. The Balaban J connectivity index is 2.50. The van der Waals surface area contributed by atoms with E-state index in [1.165, 1.54) is 0 Å². The zero-order chi connectivity index (χ0) is 14.9. The largest absolute Gasteiger partial charge is 0.481 e. The summed E-state index contributed by atoms with van der Waals surface area (Å²) in [5.74, 6) is 0.139. The number of hydrogen-bond donors (Lipinski definition) is 1. The predicted octanol–water partition coefficient (Wildman–Crippen LogP) is 3.35. The summed E-state index contributed by atoms with van der Waals surface area (Å²) in [4.78, 5) is 16.3. The highest BCUT2D eigenvalue weighted by Crippen LogP contribution is 2.32. The van der Waals surface area contributed by atoms with E-state index in [0.29, 0.717) is 6.42 Å². The summed E-state index contributed by atoms with van der Waals surface area (Å²) in [6.07, 6.45) is 0.447. The number of imidazole rings is 1. The molecule has 0 aliphatic carbocycles. The third-order valence-corrected chi connectivity index (χ3v) is 4.34. The number of nitrogens with zero attached hydrogens (tertiary/aromatic N) is 2. The summed E-state index contributed by atoms with van der Waals surface area (Å²) < 4.78 is 2.11. The van der Waals surface area contributed by atoms with Crippen molar-refractivity contribution in [3.8, 4) is 0 Å². The molecule has 0 saturated carbocycles. The van der Waals surface area contributed by atoms with Gasteiger partial charge in [0.05, 0.1) is 16.4 Å². The van der Waals surface area contributed by atoms with E-state index in [0.717, 1.165) is 23.4 Å². The first-order valence-electron chi connectivity index (χ1n) is 7.07. The highest BCUT2D eigenvalue weighted by Gasteiger charge is 2.38. The van der Waals surface area contributed by atoms with Gasteiger partial charge < -0.3 is 9.67 Å². The van der Waals surface area contributed by atoms with E-state index in [2.05, 4.69) is 16.5 Å². The van der Waals surface area contributed by atoms with Crippen LogP contribution in [-0.4, -0.2) is 20.6 Å². The Labute approximate surface area is 119 Å². The van der Waals surface area contributed by atoms with Crippen molar-refractivity contribution in [2.75, 3.05) is 0 Å². The monoisotopic (exact) mass is 274 g/mol. The highest BCUT2D eigenvalue weighted by atomic mass is 16.4. The van der Waals surface area contributed by atoms with Crippen LogP contribution in [0.1, 0.15) is 33.5 Å². The van der Waals surface area contributed by atoms with E-state index < -0.39 is 11.4 Å². The van der Waals surface area contributed by atoms with Gasteiger partial charge in [-0.3, -0.25) is 4.79 Å². The van der Waals surface area contributed by atoms with Crippen LogP contribution in [0.3, 0.4) is 0 Å². The van der Waals surface area contributed by atoms with Gasteiger partial charge in [-0.05, 0) is 31.9 Å². The first-order chi connectivity index (χ1) is 9.40. The molecular weight excluding hydrogens is 252 g/mol. The Morgan fingerprint density at radius 3 is 2.60 bits per heavy atom. The standard InChI is InChI=1S/C16H22N2O2/c1-5-18-13-9-7-6-8-12(13)17-14(18)10-16(4,11(2)3)15(19)20/h6-9,11H,5,10H2,1-4H3,(H,19,20). The van der Waals surface area contributed by atoms with E-state index >= 15 is 0 Å². The fraction of sp³-hybridized carbons (Fsp3) is 0.500. The van der Waals surface area contributed by atoms with Gasteiger partial charge in [0.25, 0.3) is 0 Å². The number of aryl methyl sites for hydroxylation is 1. The second-order valence-electron chi connectivity index (χ2n) is 5.82. The van der Waals surface area contributed by atoms with Gasteiger partial charge in [-0.2, -0.15) is 0 Å². The summed E-state index contributed by atoms with van der Waals surface area (Å²) in [5, 5.41) is 9.57. The third kappa shape index (κ3) is 2.30. The topological polar surface area (TPSA) is 55.1 Å². The number of carboxylic acids is 1. The van der Waals surface area contributed by atoms with Crippen molar-refractivity contribution in [2.24, 2.45) is 11.3 Å². The number of hydrogen-bond acceptors (Lipinski definition) is 2. The second-order valence-corrected chi connectivity index (χ2v) is 5.82. The molecule has 2 rings (SSSR count). The van der Waals surface area contributed by atoms with Gasteiger partial charge in [-0.25, -0.2) is 4.98 Å². The first-order valence-corrected chi connectivity index (χ1v) is 7.07. The Morgan fingerprint density at radius 1 is 1.40 bits per heavy atom. The van der Waals surface area contributed by atoms with E-state index in [1.807, 2.05) is 38.1 Å². The van der Waals surface area contributed by atoms with Gasteiger partial charge >= 0.3 is 5.97 Å². The van der Waals surface area contributed by atoms with E-state index in [1.54, 1.807) is 6.92 Å². The Hall–Kier alpha value is -1.84. The molecule has 108 valence electrons. The van der Waals surface area contributed by atoms with Crippen molar-refractivity contribution in [1.82, 2.24) is 9.55 Å². The molecule has 1 atom stereocenters. The number of rotatable bonds is 5. The summed E-state index contributed by atoms with van der Waals surface area (Å²) in [7, 11) is 0. The fourth-order valence-corrected chi connectivity index (χ4v) is 2.47. The molecule has 0 radical (unpaired) electrons. The lowest BCUT2D eigenvalue weighted by molar-refractivity contribution is -0.150. The average molecular weight is 274 g/mol. The normalized spacial score (nSPS) is 14.7. The molecule has 0 spiro atoms. The molecule has 0 fully saturated rings. The number of carboxylic acid groups (broad SMARTS) is 1. The summed E-state index contributed by atoms with van der Waals surface area (Å²) in [6, 6.07) is 7.94. The molecule has 0 aliphatic heterocycles. The quantitative estimate of drug-likeness (QED) is 0.909. The van der Waals surface area contributed by atoms with Crippen molar-refractivity contribution < 1.29 is 9.90 Å². The van der Waals surface area contributed by atoms with Crippen LogP contribution in [0.15, 0.2) is 24.3 Å². The fourth-order valence-electron chi connectivity index (χ4n) is 2.47. The van der Waals surface area contributed by atoms with Crippen molar-refractivity contribution in [3.05, 3.63) is 30.1 Å². The Kier molecular flexibility index (Phi) is 3.84. The van der Waals surface area contributed by atoms with Gasteiger partial charge in [0.2, 0.25) is 0 Å². The number of benzene rings is 1. The van der Waals surface area contributed by atoms with Gasteiger partial charge in [0, 0.05) is 13.0 Å². The second kappa shape index (κ2) is 5.27. The van der Waals surface area contributed by atoms with Crippen LogP contribution in [-0.2, 0) is 17.8 Å². The number of carbonyl (C=O) groups is 1. The molecule has 0 bridgehead atoms. The number of aliphatic carboxylic acids is 1. The molecule has 1 heterocycles. The van der Waals surface area contributed by atoms with E-state index in [9.17, 15) is 9.90 Å². The van der Waals surface area contributed by atoms with Crippen LogP contribution in [0, 0.1) is 11.3 Å². The van der Waals surface area contributed by atoms with Crippen molar-refractivity contribution in [1.29, 1.82) is 0 Å². The number of fused-ring (bicyclic) bond motifs is 1. The molecular formula is C16H22N2O2. The van der Waals surface area contributed by atoms with E-state index in [4.69, 9.17) is 0 Å². The molecule has 1 N–H and O–H groups in total. The van der Waals surface area contributed by atoms with Crippen LogP contribution < -0.4 is 0 Å². The highest BCUT2D eigenvalue weighted by molar-refractivity contribution is 5.77. The minimum absolute atomic E-state index is 0.0464. The molecule has 2 aromatic rings. The molecule has 1 aromatic carbocycles. The van der Waals surface area contributed by atoms with Crippen LogP contribution in [0.4, 0.5) is 0 Å². The van der Waals surface area contributed by atoms with Gasteiger partial charge in [-0.1, -0.05) is 26.0 Å². The maximum Gasteiger partial charge on any atom is 0.310 e. The lowest BCUT2D eigenvalue weighted by atomic mass is 9.76. The molecule has 20 heavy (non-hydrogen) atoms. The lowest BCUT2D eigenvalue weighted by Gasteiger charge is -2.28. The minimum Gasteiger partial charge on any atom is -0.481 e. The lowest BCUT2D eigenvalue weighted by Crippen LogP contribution is -2.36. The minimum atomic E-state index is -0.797. The van der Waals surface area contributed by atoms with Gasteiger partial charge in [0.1, 0.15) is 5.82 Å². The first kappa shape index (κ1) is 14.6. The number of aromatic nitrogens is 2. The summed E-state index contributed by atoms with van der Waals surface area (Å²) in [5.41, 5.74) is 1.20. The zero-order valence-corrected chi connectivity index (χ0v) is 12.6. The summed E-state index contributed by atoms with van der Waals surface area (Å²) >= 11 is 0. The molecule has 1 aromatic heterocycles.